The van der Waals surface area contributed by atoms with E-state index in [2.05, 4.69) is 5.32 Å². The number of nitrogens with zero attached hydrogens (tertiary/aromatic N) is 1. The zero-order chi connectivity index (χ0) is 30.2. The number of anilines is 1. The maximum Gasteiger partial charge on any atom is 0.294 e. The van der Waals surface area contributed by atoms with Crippen molar-refractivity contribution in [3.63, 3.8) is 0 Å². The SMILES string of the molecule is CCOc1ccc(CCNC(=O)c2ccc(C=C3Oc4ccccc4N(Cc4ccccc4F)C3=O)cc2)cc1OCC. The second kappa shape index (κ2) is 13.7. The van der Waals surface area contributed by atoms with Gasteiger partial charge in [-0.1, -0.05) is 48.5 Å². The minimum absolute atomic E-state index is 0.0614. The lowest BCUT2D eigenvalue weighted by atomic mass is 10.1. The summed E-state index contributed by atoms with van der Waals surface area (Å²) in [7, 11) is 0. The Morgan fingerprint density at radius 2 is 1.63 bits per heavy atom. The van der Waals surface area contributed by atoms with Gasteiger partial charge in [0.1, 0.15) is 5.82 Å². The van der Waals surface area contributed by atoms with Gasteiger partial charge in [0.2, 0.25) is 0 Å². The molecule has 1 aliphatic rings. The largest absolute Gasteiger partial charge is 0.490 e. The second-order valence-electron chi connectivity index (χ2n) is 9.84. The van der Waals surface area contributed by atoms with Crippen LogP contribution in [-0.4, -0.2) is 31.6 Å². The van der Waals surface area contributed by atoms with Gasteiger partial charge in [0.15, 0.2) is 23.0 Å². The molecule has 1 N–H and O–H groups in total. The molecule has 1 aliphatic heterocycles. The Labute approximate surface area is 250 Å². The lowest BCUT2D eigenvalue weighted by Gasteiger charge is -2.30. The standard InChI is InChI=1S/C35H33FN2O5/c1-3-41-31-18-15-25(21-32(31)42-4-2)19-20-37-34(39)26-16-13-24(14-17-26)22-33-35(40)38(23-27-9-5-6-10-28(27)36)29-11-7-8-12-30(29)43-33/h5-18,21-22H,3-4,19-20,23H2,1-2H3,(H,37,39). The average molecular weight is 581 g/mol. The second-order valence-corrected chi connectivity index (χ2v) is 9.84. The highest BCUT2D eigenvalue weighted by molar-refractivity contribution is 6.09. The van der Waals surface area contributed by atoms with Gasteiger partial charge in [0.05, 0.1) is 25.4 Å². The fourth-order valence-electron chi connectivity index (χ4n) is 4.77. The molecule has 0 spiro atoms. The molecule has 0 bridgehead atoms. The number of carbonyl (C=O) groups excluding carboxylic acids is 2. The van der Waals surface area contributed by atoms with E-state index < -0.39 is 0 Å². The van der Waals surface area contributed by atoms with Crippen LogP contribution in [-0.2, 0) is 17.8 Å². The van der Waals surface area contributed by atoms with Crippen LogP contribution < -0.4 is 24.4 Å². The fourth-order valence-corrected chi connectivity index (χ4v) is 4.77. The van der Waals surface area contributed by atoms with E-state index in [0.717, 1.165) is 5.56 Å². The van der Waals surface area contributed by atoms with Gasteiger partial charge in [-0.15, -0.1) is 0 Å². The number of rotatable bonds is 11. The van der Waals surface area contributed by atoms with Crippen LogP contribution in [0.1, 0.15) is 40.9 Å². The Morgan fingerprint density at radius 3 is 2.40 bits per heavy atom. The Balaban J connectivity index is 1.24. The average Bonchev–Trinajstić information content (AvgIpc) is 3.02. The van der Waals surface area contributed by atoms with Crippen molar-refractivity contribution in [2.45, 2.75) is 26.8 Å². The molecule has 7 nitrogen and oxygen atoms in total. The van der Waals surface area contributed by atoms with Gasteiger partial charge in [-0.2, -0.15) is 0 Å². The Kier molecular flexibility index (Phi) is 9.36. The molecule has 0 saturated heterocycles. The van der Waals surface area contributed by atoms with Crippen molar-refractivity contribution >= 4 is 23.6 Å². The molecule has 0 aromatic heterocycles. The molecule has 43 heavy (non-hydrogen) atoms. The quantitative estimate of drug-likeness (QED) is 0.203. The van der Waals surface area contributed by atoms with Crippen LogP contribution in [0.15, 0.2) is 96.8 Å². The monoisotopic (exact) mass is 580 g/mol. The summed E-state index contributed by atoms with van der Waals surface area (Å²) in [5.74, 6) is 1.03. The highest BCUT2D eigenvalue weighted by atomic mass is 19.1. The molecule has 0 fully saturated rings. The van der Waals surface area contributed by atoms with Crippen molar-refractivity contribution in [3.05, 3.63) is 125 Å². The van der Waals surface area contributed by atoms with Crippen LogP contribution in [0.25, 0.3) is 6.08 Å². The molecule has 2 amide bonds. The molecule has 0 unspecified atom stereocenters. The smallest absolute Gasteiger partial charge is 0.294 e. The molecule has 5 rings (SSSR count). The highest BCUT2D eigenvalue weighted by Gasteiger charge is 2.30. The van der Waals surface area contributed by atoms with Crippen LogP contribution >= 0.6 is 0 Å². The van der Waals surface area contributed by atoms with Crippen molar-refractivity contribution in [1.82, 2.24) is 5.32 Å². The van der Waals surface area contributed by atoms with Gasteiger partial charge in [0.25, 0.3) is 11.8 Å². The molecule has 0 radical (unpaired) electrons. The van der Waals surface area contributed by atoms with Crippen LogP contribution in [0.2, 0.25) is 0 Å². The van der Waals surface area contributed by atoms with Gasteiger partial charge >= 0.3 is 0 Å². The Morgan fingerprint density at radius 1 is 0.907 bits per heavy atom. The number of nitrogens with one attached hydrogen (secondary N) is 1. The zero-order valence-electron chi connectivity index (χ0n) is 24.1. The predicted molar refractivity (Wildman–Crippen MR) is 164 cm³/mol. The van der Waals surface area contributed by atoms with Gasteiger partial charge in [-0.25, -0.2) is 4.39 Å². The number of hydrogen-bond acceptors (Lipinski definition) is 5. The number of hydrogen-bond donors (Lipinski definition) is 1. The minimum Gasteiger partial charge on any atom is -0.490 e. The number of ether oxygens (including phenoxy) is 3. The third-order valence-corrected chi connectivity index (χ3v) is 6.90. The van der Waals surface area contributed by atoms with E-state index in [1.165, 1.54) is 11.0 Å². The van der Waals surface area contributed by atoms with Crippen molar-refractivity contribution in [1.29, 1.82) is 0 Å². The number of para-hydroxylation sites is 2. The maximum atomic E-state index is 14.4. The summed E-state index contributed by atoms with van der Waals surface area (Å²) in [6, 6.07) is 26.2. The first-order valence-electron chi connectivity index (χ1n) is 14.3. The Hall–Kier alpha value is -5.11. The summed E-state index contributed by atoms with van der Waals surface area (Å²) >= 11 is 0. The van der Waals surface area contributed by atoms with E-state index in [0.29, 0.717) is 65.8 Å². The summed E-state index contributed by atoms with van der Waals surface area (Å²) in [5.41, 5.74) is 3.17. The van der Waals surface area contributed by atoms with Crippen LogP contribution in [0, 0.1) is 5.82 Å². The van der Waals surface area contributed by atoms with Gasteiger partial charge in [-0.05, 0) is 79.9 Å². The number of carbonyl (C=O) groups is 2. The highest BCUT2D eigenvalue weighted by Crippen LogP contribution is 2.37. The number of fused-ring (bicyclic) bond motifs is 1. The molecule has 0 aliphatic carbocycles. The predicted octanol–water partition coefficient (Wildman–Crippen LogP) is 6.56. The minimum atomic E-state index is -0.384. The van der Waals surface area contributed by atoms with E-state index in [1.807, 2.05) is 38.1 Å². The van der Waals surface area contributed by atoms with Gasteiger partial charge in [0, 0.05) is 17.7 Å². The first kappa shape index (κ1) is 29.4. The molecule has 1 heterocycles. The number of amides is 2. The van der Waals surface area contributed by atoms with E-state index in [1.54, 1.807) is 66.7 Å². The van der Waals surface area contributed by atoms with Gasteiger partial charge < -0.3 is 19.5 Å². The lowest BCUT2D eigenvalue weighted by molar-refractivity contribution is -0.117. The molecule has 8 heteroatoms. The van der Waals surface area contributed by atoms with Crippen LogP contribution in [0.3, 0.4) is 0 Å². The third-order valence-electron chi connectivity index (χ3n) is 6.90. The van der Waals surface area contributed by atoms with Crippen LogP contribution in [0.4, 0.5) is 10.1 Å². The van der Waals surface area contributed by atoms with Crippen molar-refractivity contribution in [2.24, 2.45) is 0 Å². The van der Waals surface area contributed by atoms with E-state index in [-0.39, 0.29) is 29.9 Å². The summed E-state index contributed by atoms with van der Waals surface area (Å²) in [6.07, 6.45) is 2.25. The maximum absolute atomic E-state index is 14.4. The summed E-state index contributed by atoms with van der Waals surface area (Å²) < 4.78 is 31.7. The molecular formula is C35H33FN2O5. The lowest BCUT2D eigenvalue weighted by Crippen LogP contribution is -2.37. The van der Waals surface area contributed by atoms with Crippen molar-refractivity contribution in [3.8, 4) is 17.2 Å². The topological polar surface area (TPSA) is 77.1 Å². The van der Waals surface area contributed by atoms with Gasteiger partial charge in [-0.3, -0.25) is 14.5 Å². The van der Waals surface area contributed by atoms with E-state index in [9.17, 15) is 14.0 Å². The van der Waals surface area contributed by atoms with Crippen LogP contribution in [0.5, 0.6) is 17.2 Å². The van der Waals surface area contributed by atoms with Crippen molar-refractivity contribution in [2.75, 3.05) is 24.7 Å². The molecule has 220 valence electrons. The summed E-state index contributed by atoms with van der Waals surface area (Å²) in [4.78, 5) is 27.8. The first-order valence-corrected chi connectivity index (χ1v) is 14.3. The molecule has 4 aromatic rings. The summed E-state index contributed by atoms with van der Waals surface area (Å²) in [5, 5.41) is 2.95. The Bertz CT molecular complexity index is 1630. The number of benzene rings is 4. The molecular weight excluding hydrogens is 547 g/mol. The first-order chi connectivity index (χ1) is 21.0. The van der Waals surface area contributed by atoms with E-state index in [4.69, 9.17) is 14.2 Å². The third kappa shape index (κ3) is 7.04. The van der Waals surface area contributed by atoms with Crippen molar-refractivity contribution < 1.29 is 28.2 Å². The normalized spacial score (nSPS) is 13.3. The number of halogens is 1. The fraction of sp³-hybridized carbons (Fsp3) is 0.200. The van der Waals surface area contributed by atoms with E-state index >= 15 is 0 Å². The summed E-state index contributed by atoms with van der Waals surface area (Å²) in [6.45, 7) is 5.44. The molecule has 0 saturated carbocycles. The zero-order valence-corrected chi connectivity index (χ0v) is 24.1. The molecule has 4 aromatic carbocycles. The molecule has 0 atom stereocenters.